The molecular formula is C16H25N3O4S. The van der Waals surface area contributed by atoms with Crippen LogP contribution in [0.5, 0.6) is 5.75 Å². The van der Waals surface area contributed by atoms with Gasteiger partial charge in [-0.15, -0.1) is 0 Å². The van der Waals surface area contributed by atoms with Gasteiger partial charge in [0.25, 0.3) is 5.91 Å². The van der Waals surface area contributed by atoms with E-state index in [-0.39, 0.29) is 28.3 Å². The maximum atomic E-state index is 12.2. The molecule has 1 unspecified atom stereocenters. The first-order valence-electron chi connectivity index (χ1n) is 7.77. The lowest BCUT2D eigenvalue weighted by atomic mass is 10.0. The van der Waals surface area contributed by atoms with E-state index in [1.54, 1.807) is 6.07 Å². The summed E-state index contributed by atoms with van der Waals surface area (Å²) < 4.78 is 30.0. The molecule has 0 heterocycles. The van der Waals surface area contributed by atoms with Crippen LogP contribution in [0.4, 0.5) is 0 Å². The Bertz CT molecular complexity index is 738. The molecule has 0 aliphatic carbocycles. The van der Waals surface area contributed by atoms with Gasteiger partial charge in [-0.05, 0) is 37.5 Å². The van der Waals surface area contributed by atoms with Crippen LogP contribution >= 0.6 is 0 Å². The fourth-order valence-electron chi connectivity index (χ4n) is 2.34. The van der Waals surface area contributed by atoms with Gasteiger partial charge in [0.05, 0.1) is 6.10 Å². The van der Waals surface area contributed by atoms with Crippen LogP contribution in [-0.2, 0) is 16.3 Å². The molecule has 0 radical (unpaired) electrons. The van der Waals surface area contributed by atoms with E-state index in [1.807, 2.05) is 20.8 Å². The Morgan fingerprint density at radius 3 is 2.38 bits per heavy atom. The summed E-state index contributed by atoms with van der Waals surface area (Å²) in [5.74, 6) is -0.804. The first-order valence-corrected chi connectivity index (χ1v) is 9.66. The van der Waals surface area contributed by atoms with Crippen LogP contribution in [0.2, 0.25) is 0 Å². The minimum absolute atomic E-state index is 0.0446. The molecule has 1 aromatic carbocycles. The summed E-state index contributed by atoms with van der Waals surface area (Å²) in [6.45, 7) is 5.74. The van der Waals surface area contributed by atoms with Crippen molar-refractivity contribution >= 4 is 21.7 Å². The monoisotopic (exact) mass is 355 g/mol. The number of aryl methyl sites for hydroxylation is 1. The number of aliphatic imine (C=N–C) groups is 1. The number of carbonyl (C=O) groups excluding carboxylic acids is 1. The van der Waals surface area contributed by atoms with E-state index in [1.165, 1.54) is 6.07 Å². The Kier molecular flexibility index (Phi) is 6.77. The lowest BCUT2D eigenvalue weighted by Gasteiger charge is -2.18. The molecule has 0 saturated carbocycles. The SMILES string of the molecule is CCCC(C)Oc1cc(CC)c(C(=O)N=C(N)N)cc1S(C)(=O)=O. The normalized spacial score (nSPS) is 12.5. The molecule has 0 aliphatic heterocycles. The summed E-state index contributed by atoms with van der Waals surface area (Å²) in [5.41, 5.74) is 11.3. The number of benzene rings is 1. The number of ether oxygens (including phenoxy) is 1. The van der Waals surface area contributed by atoms with Crippen LogP contribution in [0.3, 0.4) is 0 Å². The molecule has 0 saturated heterocycles. The van der Waals surface area contributed by atoms with Crippen molar-refractivity contribution in [1.82, 2.24) is 0 Å². The van der Waals surface area contributed by atoms with E-state index in [4.69, 9.17) is 16.2 Å². The number of guanidine groups is 1. The van der Waals surface area contributed by atoms with Gasteiger partial charge in [0.15, 0.2) is 15.8 Å². The number of nitrogens with two attached hydrogens (primary N) is 2. The zero-order valence-corrected chi connectivity index (χ0v) is 15.3. The maximum Gasteiger partial charge on any atom is 0.280 e. The molecule has 4 N–H and O–H groups in total. The smallest absolute Gasteiger partial charge is 0.280 e. The van der Waals surface area contributed by atoms with Crippen LogP contribution < -0.4 is 16.2 Å². The third kappa shape index (κ3) is 5.23. The average Bonchev–Trinajstić information content (AvgIpc) is 2.44. The van der Waals surface area contributed by atoms with Crippen LogP contribution in [-0.4, -0.2) is 32.6 Å². The average molecular weight is 355 g/mol. The standard InChI is InChI=1S/C16H25N3O4S/c1-5-7-10(3)23-13-8-11(6-2)12(15(20)19-16(17)18)9-14(13)24(4,21)22/h8-10H,5-7H2,1-4H3,(H4,17,18,19,20). The molecule has 24 heavy (non-hydrogen) atoms. The second kappa shape index (κ2) is 8.14. The van der Waals surface area contributed by atoms with Gasteiger partial charge in [-0.2, -0.15) is 4.99 Å². The van der Waals surface area contributed by atoms with E-state index in [0.29, 0.717) is 12.0 Å². The molecule has 0 aromatic heterocycles. The summed E-state index contributed by atoms with van der Waals surface area (Å²) >= 11 is 0. The van der Waals surface area contributed by atoms with Gasteiger partial charge in [0.1, 0.15) is 10.6 Å². The van der Waals surface area contributed by atoms with Gasteiger partial charge >= 0.3 is 0 Å². The van der Waals surface area contributed by atoms with Crippen molar-refractivity contribution in [2.75, 3.05) is 6.26 Å². The Balaban J connectivity index is 3.51. The molecule has 134 valence electrons. The maximum absolute atomic E-state index is 12.2. The molecule has 0 fully saturated rings. The number of carbonyl (C=O) groups is 1. The predicted molar refractivity (Wildman–Crippen MR) is 94.1 cm³/mol. The topological polar surface area (TPSA) is 125 Å². The Labute approximate surface area is 143 Å². The minimum Gasteiger partial charge on any atom is -0.489 e. The van der Waals surface area contributed by atoms with E-state index < -0.39 is 15.7 Å². The zero-order valence-electron chi connectivity index (χ0n) is 14.5. The van der Waals surface area contributed by atoms with Gasteiger partial charge in [-0.3, -0.25) is 4.79 Å². The third-order valence-electron chi connectivity index (χ3n) is 3.43. The van der Waals surface area contributed by atoms with E-state index in [0.717, 1.165) is 19.1 Å². The van der Waals surface area contributed by atoms with Crippen LogP contribution in [0.25, 0.3) is 0 Å². The molecule has 0 bridgehead atoms. The highest BCUT2D eigenvalue weighted by Gasteiger charge is 2.22. The Morgan fingerprint density at radius 1 is 1.29 bits per heavy atom. The van der Waals surface area contributed by atoms with Crippen molar-refractivity contribution in [3.63, 3.8) is 0 Å². The minimum atomic E-state index is -3.59. The highest BCUT2D eigenvalue weighted by Crippen LogP contribution is 2.30. The lowest BCUT2D eigenvalue weighted by molar-refractivity contribution is 0.100. The van der Waals surface area contributed by atoms with Crippen LogP contribution in [0.1, 0.15) is 49.5 Å². The number of nitrogens with zero attached hydrogens (tertiary/aromatic N) is 1. The largest absolute Gasteiger partial charge is 0.489 e. The van der Waals surface area contributed by atoms with E-state index in [2.05, 4.69) is 4.99 Å². The van der Waals surface area contributed by atoms with Crippen molar-refractivity contribution in [2.45, 2.75) is 51.0 Å². The molecule has 8 heteroatoms. The molecule has 0 spiro atoms. The lowest BCUT2D eigenvalue weighted by Crippen LogP contribution is -2.24. The summed E-state index contributed by atoms with van der Waals surface area (Å²) in [6.07, 6.45) is 3.14. The summed E-state index contributed by atoms with van der Waals surface area (Å²) in [5, 5.41) is 0. The Morgan fingerprint density at radius 2 is 1.92 bits per heavy atom. The summed E-state index contributed by atoms with van der Waals surface area (Å²) in [4.78, 5) is 15.6. The molecular weight excluding hydrogens is 330 g/mol. The summed E-state index contributed by atoms with van der Waals surface area (Å²) in [6, 6.07) is 2.87. The van der Waals surface area contributed by atoms with Gasteiger partial charge in [0.2, 0.25) is 0 Å². The highest BCUT2D eigenvalue weighted by molar-refractivity contribution is 7.90. The quantitative estimate of drug-likeness (QED) is 0.566. The molecule has 0 aliphatic rings. The van der Waals surface area contributed by atoms with Crippen molar-refractivity contribution < 1.29 is 17.9 Å². The van der Waals surface area contributed by atoms with Crippen LogP contribution in [0, 0.1) is 0 Å². The first-order chi connectivity index (χ1) is 11.1. The number of sulfone groups is 1. The van der Waals surface area contributed by atoms with Crippen LogP contribution in [0.15, 0.2) is 22.0 Å². The van der Waals surface area contributed by atoms with Crippen molar-refractivity contribution in [3.05, 3.63) is 23.3 Å². The molecule has 1 amide bonds. The second-order valence-corrected chi connectivity index (χ2v) is 7.62. The fourth-order valence-corrected chi connectivity index (χ4v) is 3.14. The number of amides is 1. The van der Waals surface area contributed by atoms with E-state index >= 15 is 0 Å². The zero-order chi connectivity index (χ0) is 18.5. The van der Waals surface area contributed by atoms with Gasteiger partial charge in [0, 0.05) is 11.8 Å². The molecule has 1 atom stereocenters. The van der Waals surface area contributed by atoms with Gasteiger partial charge in [-0.25, -0.2) is 8.42 Å². The third-order valence-corrected chi connectivity index (χ3v) is 4.55. The van der Waals surface area contributed by atoms with Crippen molar-refractivity contribution in [1.29, 1.82) is 0 Å². The predicted octanol–water partition coefficient (Wildman–Crippen LogP) is 1.63. The van der Waals surface area contributed by atoms with E-state index in [9.17, 15) is 13.2 Å². The molecule has 1 rings (SSSR count). The second-order valence-electron chi connectivity index (χ2n) is 5.64. The molecule has 7 nitrogen and oxygen atoms in total. The fraction of sp³-hybridized carbons (Fsp3) is 0.500. The number of rotatable bonds is 7. The Hall–Kier alpha value is -2.09. The first kappa shape index (κ1) is 20.0. The van der Waals surface area contributed by atoms with Crippen molar-refractivity contribution in [3.8, 4) is 5.75 Å². The summed E-state index contributed by atoms with van der Waals surface area (Å²) in [7, 11) is -3.59. The van der Waals surface area contributed by atoms with Crippen molar-refractivity contribution in [2.24, 2.45) is 16.5 Å². The number of hydrogen-bond donors (Lipinski definition) is 2. The molecule has 1 aromatic rings. The van der Waals surface area contributed by atoms with Gasteiger partial charge < -0.3 is 16.2 Å². The highest BCUT2D eigenvalue weighted by atomic mass is 32.2. The number of hydrogen-bond acceptors (Lipinski definition) is 4. The van der Waals surface area contributed by atoms with Gasteiger partial charge in [-0.1, -0.05) is 20.3 Å².